The summed E-state index contributed by atoms with van der Waals surface area (Å²) in [6.07, 6.45) is 3.32. The smallest absolute Gasteiger partial charge is 0.244 e. The summed E-state index contributed by atoms with van der Waals surface area (Å²) in [6, 6.07) is 15.6. The Bertz CT molecular complexity index is 839. The van der Waals surface area contributed by atoms with Crippen molar-refractivity contribution in [1.82, 2.24) is 15.2 Å². The molecule has 0 unspecified atom stereocenters. The number of hydrogen-bond donors (Lipinski definition) is 2. The Morgan fingerprint density at radius 2 is 1.58 bits per heavy atom. The molecule has 3 rings (SSSR count). The van der Waals surface area contributed by atoms with Crippen LogP contribution in [-0.4, -0.2) is 28.3 Å². The number of nitrogens with zero attached hydrogens (tertiary/aromatic N) is 3. The molecule has 0 aliphatic rings. The molecule has 0 saturated heterocycles. The van der Waals surface area contributed by atoms with Gasteiger partial charge in [0, 0.05) is 23.1 Å². The molecule has 26 heavy (non-hydrogen) atoms. The highest BCUT2D eigenvalue weighted by molar-refractivity contribution is 6.30. The van der Waals surface area contributed by atoms with Gasteiger partial charge >= 0.3 is 0 Å². The SMILES string of the molecule is Clc1ccc(CCNc2cnnc(NCCc3cccc(Cl)c3)n2)cc1. The van der Waals surface area contributed by atoms with Gasteiger partial charge in [-0.05, 0) is 48.2 Å². The third-order valence-electron chi connectivity index (χ3n) is 3.78. The summed E-state index contributed by atoms with van der Waals surface area (Å²) in [7, 11) is 0. The van der Waals surface area contributed by atoms with Crippen LogP contribution in [0.2, 0.25) is 10.0 Å². The first kappa shape index (κ1) is 18.4. The summed E-state index contributed by atoms with van der Waals surface area (Å²) in [5.41, 5.74) is 2.37. The molecule has 0 aliphatic heterocycles. The van der Waals surface area contributed by atoms with Gasteiger partial charge in [-0.1, -0.05) is 47.5 Å². The number of halogens is 2. The first-order chi connectivity index (χ1) is 12.7. The van der Waals surface area contributed by atoms with E-state index in [9.17, 15) is 0 Å². The average molecular weight is 388 g/mol. The maximum Gasteiger partial charge on any atom is 0.244 e. The predicted molar refractivity (Wildman–Crippen MR) is 107 cm³/mol. The lowest BCUT2D eigenvalue weighted by Gasteiger charge is -2.08. The Hall–Kier alpha value is -2.37. The quantitative estimate of drug-likeness (QED) is 0.596. The maximum absolute atomic E-state index is 5.99. The lowest BCUT2D eigenvalue weighted by Crippen LogP contribution is -2.12. The molecule has 0 spiro atoms. The van der Waals surface area contributed by atoms with Crippen LogP contribution < -0.4 is 10.6 Å². The second-order valence-electron chi connectivity index (χ2n) is 5.78. The van der Waals surface area contributed by atoms with Gasteiger partial charge in [-0.25, -0.2) is 0 Å². The van der Waals surface area contributed by atoms with E-state index in [4.69, 9.17) is 23.2 Å². The lowest BCUT2D eigenvalue weighted by molar-refractivity contribution is 0.916. The van der Waals surface area contributed by atoms with E-state index in [1.165, 1.54) is 5.56 Å². The highest BCUT2D eigenvalue weighted by Gasteiger charge is 2.01. The molecule has 134 valence electrons. The van der Waals surface area contributed by atoms with Crippen molar-refractivity contribution in [1.29, 1.82) is 0 Å². The summed E-state index contributed by atoms with van der Waals surface area (Å²) >= 11 is 11.9. The third kappa shape index (κ3) is 5.86. The van der Waals surface area contributed by atoms with Gasteiger partial charge in [0.1, 0.15) is 0 Å². The van der Waals surface area contributed by atoms with Gasteiger partial charge in [0.05, 0.1) is 6.20 Å². The zero-order chi connectivity index (χ0) is 18.2. The molecular formula is C19H19Cl2N5. The largest absolute Gasteiger partial charge is 0.368 e. The van der Waals surface area contributed by atoms with Gasteiger partial charge in [-0.2, -0.15) is 10.1 Å². The number of benzene rings is 2. The van der Waals surface area contributed by atoms with Crippen LogP contribution in [0.4, 0.5) is 11.8 Å². The summed E-state index contributed by atoms with van der Waals surface area (Å²) in [5, 5.41) is 15.9. The first-order valence-electron chi connectivity index (χ1n) is 8.35. The van der Waals surface area contributed by atoms with Gasteiger partial charge in [0.25, 0.3) is 0 Å². The van der Waals surface area contributed by atoms with Crippen molar-refractivity contribution < 1.29 is 0 Å². The Kier molecular flexibility index (Phi) is 6.63. The van der Waals surface area contributed by atoms with Crippen LogP contribution in [0.1, 0.15) is 11.1 Å². The van der Waals surface area contributed by atoms with Crippen LogP contribution in [0, 0.1) is 0 Å². The minimum atomic E-state index is 0.503. The van der Waals surface area contributed by atoms with E-state index in [1.54, 1.807) is 6.20 Å². The molecule has 7 heteroatoms. The van der Waals surface area contributed by atoms with Crippen LogP contribution in [-0.2, 0) is 12.8 Å². The van der Waals surface area contributed by atoms with E-state index < -0.39 is 0 Å². The fourth-order valence-corrected chi connectivity index (χ4v) is 2.80. The highest BCUT2D eigenvalue weighted by atomic mass is 35.5. The number of nitrogens with one attached hydrogen (secondary N) is 2. The molecule has 0 amide bonds. The van der Waals surface area contributed by atoms with E-state index in [1.807, 2.05) is 48.5 Å². The van der Waals surface area contributed by atoms with Crippen molar-refractivity contribution in [2.24, 2.45) is 0 Å². The van der Waals surface area contributed by atoms with Crippen molar-refractivity contribution in [3.8, 4) is 0 Å². The Morgan fingerprint density at radius 1 is 0.808 bits per heavy atom. The van der Waals surface area contributed by atoms with Crippen LogP contribution in [0.3, 0.4) is 0 Å². The summed E-state index contributed by atoms with van der Waals surface area (Å²) in [4.78, 5) is 4.42. The molecule has 0 atom stereocenters. The molecule has 2 N–H and O–H groups in total. The molecule has 1 aromatic heterocycles. The number of hydrogen-bond acceptors (Lipinski definition) is 5. The van der Waals surface area contributed by atoms with Crippen LogP contribution in [0.25, 0.3) is 0 Å². The van der Waals surface area contributed by atoms with E-state index in [0.717, 1.165) is 35.0 Å². The van der Waals surface area contributed by atoms with Crippen LogP contribution >= 0.6 is 23.2 Å². The molecule has 0 radical (unpaired) electrons. The fraction of sp³-hybridized carbons (Fsp3) is 0.211. The average Bonchev–Trinajstić information content (AvgIpc) is 2.64. The van der Waals surface area contributed by atoms with E-state index in [0.29, 0.717) is 18.3 Å². The topological polar surface area (TPSA) is 62.7 Å². The second kappa shape index (κ2) is 9.36. The van der Waals surface area contributed by atoms with Crippen LogP contribution in [0.5, 0.6) is 0 Å². The van der Waals surface area contributed by atoms with E-state index in [-0.39, 0.29) is 0 Å². The summed E-state index contributed by atoms with van der Waals surface area (Å²) < 4.78 is 0. The first-order valence-corrected chi connectivity index (χ1v) is 9.11. The van der Waals surface area contributed by atoms with Crippen molar-refractivity contribution >= 4 is 35.0 Å². The zero-order valence-electron chi connectivity index (χ0n) is 14.1. The third-order valence-corrected chi connectivity index (χ3v) is 4.26. The van der Waals surface area contributed by atoms with Crippen molar-refractivity contribution in [2.45, 2.75) is 12.8 Å². The Balaban J connectivity index is 1.46. The highest BCUT2D eigenvalue weighted by Crippen LogP contribution is 2.12. The number of anilines is 2. The number of aromatic nitrogens is 3. The normalized spacial score (nSPS) is 10.5. The van der Waals surface area contributed by atoms with Gasteiger partial charge in [0.15, 0.2) is 5.82 Å². The molecular weight excluding hydrogens is 369 g/mol. The molecule has 0 bridgehead atoms. The van der Waals surface area contributed by atoms with Crippen molar-refractivity contribution in [3.63, 3.8) is 0 Å². The number of rotatable bonds is 8. The standard InChI is InChI=1S/C19H19Cl2N5/c20-16-6-4-14(5-7-16)8-10-22-18-13-24-26-19(25-18)23-11-9-15-2-1-3-17(21)12-15/h1-7,12-13H,8-11H2,(H2,22,23,25,26). The minimum absolute atomic E-state index is 0.503. The lowest BCUT2D eigenvalue weighted by atomic mass is 10.1. The zero-order valence-corrected chi connectivity index (χ0v) is 15.6. The van der Waals surface area contributed by atoms with Gasteiger partial charge in [-0.15, -0.1) is 5.10 Å². The molecule has 0 fully saturated rings. The molecule has 0 saturated carbocycles. The van der Waals surface area contributed by atoms with E-state index in [2.05, 4.69) is 25.8 Å². The van der Waals surface area contributed by atoms with E-state index >= 15 is 0 Å². The summed E-state index contributed by atoms with van der Waals surface area (Å²) in [5.74, 6) is 1.20. The monoisotopic (exact) mass is 387 g/mol. The van der Waals surface area contributed by atoms with Crippen molar-refractivity contribution in [3.05, 3.63) is 75.9 Å². The Morgan fingerprint density at radius 3 is 2.38 bits per heavy atom. The summed E-state index contributed by atoms with van der Waals surface area (Å²) in [6.45, 7) is 1.46. The van der Waals surface area contributed by atoms with Crippen LogP contribution in [0.15, 0.2) is 54.7 Å². The molecule has 1 heterocycles. The van der Waals surface area contributed by atoms with Crippen molar-refractivity contribution in [2.75, 3.05) is 23.7 Å². The molecule has 2 aromatic carbocycles. The molecule has 0 aliphatic carbocycles. The second-order valence-corrected chi connectivity index (χ2v) is 6.65. The van der Waals surface area contributed by atoms with Gasteiger partial charge in [0.2, 0.25) is 5.95 Å². The maximum atomic E-state index is 5.99. The van der Waals surface area contributed by atoms with Gasteiger partial charge < -0.3 is 10.6 Å². The minimum Gasteiger partial charge on any atom is -0.368 e. The molecule has 5 nitrogen and oxygen atoms in total. The predicted octanol–water partition coefficient (Wildman–Crippen LogP) is 4.49. The van der Waals surface area contributed by atoms with Gasteiger partial charge in [-0.3, -0.25) is 0 Å². The molecule has 3 aromatic rings. The fourth-order valence-electron chi connectivity index (χ4n) is 2.46. The Labute approximate surface area is 162 Å².